The number of nitrogens with one attached hydrogen (secondary N) is 1. The smallest absolute Gasteiger partial charge is 0.219 e. The zero-order valence-corrected chi connectivity index (χ0v) is 17.1. The number of hydrogen-bond acceptors (Lipinski definition) is 4. The summed E-state index contributed by atoms with van der Waals surface area (Å²) in [5.74, 6) is -0.318. The number of allylic oxidation sites excluding steroid dienone is 1. The van der Waals surface area contributed by atoms with Crippen LogP contribution >= 0.6 is 11.3 Å². The van der Waals surface area contributed by atoms with Crippen LogP contribution in [0.25, 0.3) is 6.08 Å². The molecule has 1 aromatic heterocycles. The first kappa shape index (κ1) is 22.9. The molecule has 4 nitrogen and oxygen atoms in total. The van der Waals surface area contributed by atoms with E-state index in [0.717, 1.165) is 12.0 Å². The molecule has 148 valence electrons. The molecule has 0 bridgehead atoms. The summed E-state index contributed by atoms with van der Waals surface area (Å²) < 4.78 is 0. The molecular formula is C21H35NO3S. The summed E-state index contributed by atoms with van der Waals surface area (Å²) in [6.07, 6.45) is 15.9. The second kappa shape index (κ2) is 13.1. The van der Waals surface area contributed by atoms with Crippen molar-refractivity contribution in [3.05, 3.63) is 28.0 Å². The summed E-state index contributed by atoms with van der Waals surface area (Å²) >= 11 is 1.39. The minimum absolute atomic E-state index is 0.0779. The van der Waals surface area contributed by atoms with Gasteiger partial charge in [-0.3, -0.25) is 4.79 Å². The van der Waals surface area contributed by atoms with E-state index in [0.29, 0.717) is 4.88 Å². The molecule has 1 amide bonds. The second-order valence-electron chi connectivity index (χ2n) is 6.93. The summed E-state index contributed by atoms with van der Waals surface area (Å²) in [5, 5.41) is 24.3. The molecule has 0 spiro atoms. The molecule has 0 saturated carbocycles. The van der Waals surface area contributed by atoms with E-state index in [-0.39, 0.29) is 18.9 Å². The minimum Gasteiger partial charge on any atom is -0.396 e. The van der Waals surface area contributed by atoms with Crippen molar-refractivity contribution in [3.63, 3.8) is 0 Å². The summed E-state index contributed by atoms with van der Waals surface area (Å²) in [6, 6.07) is 1.88. The van der Waals surface area contributed by atoms with E-state index >= 15 is 0 Å². The Morgan fingerprint density at radius 1 is 1.19 bits per heavy atom. The van der Waals surface area contributed by atoms with E-state index in [9.17, 15) is 9.90 Å². The molecule has 0 aliphatic carbocycles. The van der Waals surface area contributed by atoms with E-state index in [1.165, 1.54) is 69.6 Å². The Labute approximate surface area is 162 Å². The molecule has 1 heterocycles. The number of carbonyl (C=O) groups is 1. The van der Waals surface area contributed by atoms with E-state index in [1.807, 2.05) is 11.4 Å². The lowest BCUT2D eigenvalue weighted by molar-refractivity contribution is -0.128. The monoisotopic (exact) mass is 381 g/mol. The molecule has 1 atom stereocenters. The average Bonchev–Trinajstić information content (AvgIpc) is 3.06. The Kier molecular flexibility index (Phi) is 11.5. The fourth-order valence-electron chi connectivity index (χ4n) is 2.97. The molecule has 5 heteroatoms. The Bertz CT molecular complexity index is 541. The van der Waals surface area contributed by atoms with Crippen molar-refractivity contribution in [2.24, 2.45) is 0 Å². The highest BCUT2D eigenvalue weighted by molar-refractivity contribution is 7.10. The number of hydrogen-bond donors (Lipinski definition) is 3. The summed E-state index contributed by atoms with van der Waals surface area (Å²) in [4.78, 5) is 12.0. The lowest BCUT2D eigenvalue weighted by Crippen LogP contribution is -2.45. The molecule has 0 aromatic carbocycles. The third-order valence-electron chi connectivity index (χ3n) is 4.42. The largest absolute Gasteiger partial charge is 0.396 e. The highest BCUT2D eigenvalue weighted by Gasteiger charge is 2.31. The van der Waals surface area contributed by atoms with Crippen molar-refractivity contribution < 1.29 is 15.0 Å². The van der Waals surface area contributed by atoms with Gasteiger partial charge in [-0.1, -0.05) is 64.0 Å². The van der Waals surface area contributed by atoms with Crippen LogP contribution in [0, 0.1) is 0 Å². The Morgan fingerprint density at radius 2 is 1.85 bits per heavy atom. The molecule has 0 fully saturated rings. The number of thiophene rings is 1. The highest BCUT2D eigenvalue weighted by atomic mass is 32.1. The highest BCUT2D eigenvalue weighted by Crippen LogP contribution is 2.29. The van der Waals surface area contributed by atoms with Crippen molar-refractivity contribution >= 4 is 23.3 Å². The van der Waals surface area contributed by atoms with E-state index in [1.54, 1.807) is 0 Å². The van der Waals surface area contributed by atoms with Gasteiger partial charge in [0, 0.05) is 20.0 Å². The zero-order valence-electron chi connectivity index (χ0n) is 16.3. The van der Waals surface area contributed by atoms with Gasteiger partial charge in [-0.15, -0.1) is 11.3 Å². The van der Waals surface area contributed by atoms with Gasteiger partial charge >= 0.3 is 0 Å². The van der Waals surface area contributed by atoms with Crippen LogP contribution < -0.4 is 5.32 Å². The van der Waals surface area contributed by atoms with Crippen LogP contribution in [0.1, 0.15) is 88.5 Å². The molecule has 0 aliphatic rings. The fourth-order valence-corrected chi connectivity index (χ4v) is 3.93. The quantitative estimate of drug-likeness (QED) is 0.315. The van der Waals surface area contributed by atoms with Crippen molar-refractivity contribution in [1.29, 1.82) is 0 Å². The third-order valence-corrected chi connectivity index (χ3v) is 5.52. The van der Waals surface area contributed by atoms with Crippen LogP contribution in [0.2, 0.25) is 0 Å². The Morgan fingerprint density at radius 3 is 2.46 bits per heavy atom. The van der Waals surface area contributed by atoms with Crippen LogP contribution in [0.4, 0.5) is 0 Å². The van der Waals surface area contributed by atoms with Crippen molar-refractivity contribution in [2.75, 3.05) is 6.61 Å². The van der Waals surface area contributed by atoms with Crippen LogP contribution in [-0.4, -0.2) is 22.7 Å². The molecule has 1 rings (SSSR count). The minimum atomic E-state index is -1.49. The molecule has 0 aliphatic heterocycles. The Balaban J connectivity index is 2.36. The second-order valence-corrected chi connectivity index (χ2v) is 7.84. The standard InChI is InChI=1S/C21H35NO3S/c1-3-4-5-6-7-8-9-10-11-12-13-19-16-20(26-17-19)21(25,14-15-23)22-18(2)24/h12-13,16-17,23,25H,3-11,14-15H2,1-2H3,(H,22,24)/b13-12+. The van der Waals surface area contributed by atoms with Crippen molar-refractivity contribution in [2.45, 2.75) is 83.8 Å². The fraction of sp³-hybridized carbons (Fsp3) is 0.667. The number of unbranched alkanes of at least 4 members (excludes halogenated alkanes) is 8. The Hall–Kier alpha value is -1.17. The predicted molar refractivity (Wildman–Crippen MR) is 110 cm³/mol. The van der Waals surface area contributed by atoms with Crippen molar-refractivity contribution in [1.82, 2.24) is 5.32 Å². The molecule has 1 unspecified atom stereocenters. The van der Waals surface area contributed by atoms with Gasteiger partial charge < -0.3 is 15.5 Å². The maximum Gasteiger partial charge on any atom is 0.219 e. The predicted octanol–water partition coefficient (Wildman–Crippen LogP) is 4.96. The summed E-state index contributed by atoms with van der Waals surface area (Å²) in [6.45, 7) is 3.41. The average molecular weight is 382 g/mol. The van der Waals surface area contributed by atoms with E-state index in [4.69, 9.17) is 5.11 Å². The van der Waals surface area contributed by atoms with E-state index in [2.05, 4.69) is 24.4 Å². The van der Waals surface area contributed by atoms with Crippen LogP contribution in [0.15, 0.2) is 17.5 Å². The van der Waals surface area contributed by atoms with Gasteiger partial charge in [-0.2, -0.15) is 0 Å². The third kappa shape index (κ3) is 8.97. The first-order valence-corrected chi connectivity index (χ1v) is 10.8. The first-order valence-electron chi connectivity index (χ1n) is 9.89. The maximum absolute atomic E-state index is 11.3. The number of rotatable bonds is 14. The number of carbonyl (C=O) groups excluding carboxylic acids is 1. The van der Waals surface area contributed by atoms with E-state index < -0.39 is 5.72 Å². The van der Waals surface area contributed by atoms with Gasteiger partial charge in [-0.05, 0) is 29.9 Å². The van der Waals surface area contributed by atoms with Gasteiger partial charge in [-0.25, -0.2) is 0 Å². The van der Waals surface area contributed by atoms with Crippen LogP contribution in [-0.2, 0) is 10.5 Å². The van der Waals surface area contributed by atoms with Gasteiger partial charge in [0.1, 0.15) is 0 Å². The first-order chi connectivity index (χ1) is 12.5. The van der Waals surface area contributed by atoms with Gasteiger partial charge in [0.05, 0.1) is 4.88 Å². The molecule has 26 heavy (non-hydrogen) atoms. The molecule has 0 saturated heterocycles. The maximum atomic E-state index is 11.3. The number of amides is 1. The molecular weight excluding hydrogens is 346 g/mol. The molecule has 1 aromatic rings. The summed E-state index contributed by atoms with van der Waals surface area (Å²) in [7, 11) is 0. The topological polar surface area (TPSA) is 69.6 Å². The molecule has 0 radical (unpaired) electrons. The normalized spacial score (nSPS) is 13.8. The van der Waals surface area contributed by atoms with Gasteiger partial charge in [0.2, 0.25) is 5.91 Å². The van der Waals surface area contributed by atoms with Crippen molar-refractivity contribution in [3.8, 4) is 0 Å². The molecule has 3 N–H and O–H groups in total. The van der Waals surface area contributed by atoms with Gasteiger partial charge in [0.25, 0.3) is 0 Å². The van der Waals surface area contributed by atoms with Gasteiger partial charge in [0.15, 0.2) is 5.72 Å². The number of aliphatic hydroxyl groups is 2. The summed E-state index contributed by atoms with van der Waals surface area (Å²) in [5.41, 5.74) is -0.471. The number of aliphatic hydroxyl groups excluding tert-OH is 1. The van der Waals surface area contributed by atoms with Crippen LogP contribution in [0.3, 0.4) is 0 Å². The zero-order chi connectivity index (χ0) is 19.3. The SMILES string of the molecule is CCCCCCCCCC/C=C/c1csc(C(O)(CCO)NC(C)=O)c1. The lowest BCUT2D eigenvalue weighted by atomic mass is 10.1. The lowest BCUT2D eigenvalue weighted by Gasteiger charge is -2.26. The van der Waals surface area contributed by atoms with Crippen LogP contribution in [0.5, 0.6) is 0 Å².